The van der Waals surface area contributed by atoms with Gasteiger partial charge in [-0.3, -0.25) is 0 Å². The van der Waals surface area contributed by atoms with E-state index in [1.165, 1.54) is 42.6 Å². The molecule has 0 amide bonds. The minimum absolute atomic E-state index is 0. The molecule has 0 bridgehead atoms. The maximum Gasteiger partial charge on any atom is 0 e. The third-order valence-electron chi connectivity index (χ3n) is 3.66. The second-order valence-electron chi connectivity index (χ2n) is 6.60. The predicted molar refractivity (Wildman–Crippen MR) is 153 cm³/mol. The van der Waals surface area contributed by atoms with E-state index in [4.69, 9.17) is 0 Å². The van der Waals surface area contributed by atoms with Crippen LogP contribution in [0.25, 0.3) is 0 Å². The number of hydrogen-bond donors (Lipinski definition) is 0. The summed E-state index contributed by atoms with van der Waals surface area (Å²) in [5.41, 5.74) is 0. The molecule has 0 saturated heterocycles. The van der Waals surface area contributed by atoms with Crippen molar-refractivity contribution in [3.63, 3.8) is 0 Å². The van der Waals surface area contributed by atoms with Crippen LogP contribution < -0.4 is 0 Å². The van der Waals surface area contributed by atoms with Gasteiger partial charge in [-0.05, 0) is 0 Å². The van der Waals surface area contributed by atoms with Gasteiger partial charge in [-0.25, -0.2) is 60.7 Å². The Labute approximate surface area is 280 Å². The van der Waals surface area contributed by atoms with Crippen LogP contribution in [0.4, 0.5) is 0 Å². The number of hydrogen-bond acceptors (Lipinski definition) is 0. The van der Waals surface area contributed by atoms with Gasteiger partial charge < -0.3 is 30.3 Å². The molecule has 0 aliphatic heterocycles. The van der Waals surface area contributed by atoms with Crippen LogP contribution >= 0.6 is 0 Å². The average Bonchev–Trinajstić information content (AvgIpc) is 3.82. The van der Waals surface area contributed by atoms with Crippen LogP contribution in [0.1, 0.15) is 19.8 Å². The number of unbranched alkanes of at least 4 members (excludes halogenated alkanes) is 1. The van der Waals surface area contributed by atoms with Crippen LogP contribution in [0.15, 0.2) is 158 Å². The van der Waals surface area contributed by atoms with Gasteiger partial charge in [0.2, 0.25) is 0 Å². The van der Waals surface area contributed by atoms with E-state index < -0.39 is 0 Å². The van der Waals surface area contributed by atoms with E-state index >= 15 is 0 Å². The van der Waals surface area contributed by atoms with Crippen LogP contribution in [0.3, 0.4) is 0 Å². The summed E-state index contributed by atoms with van der Waals surface area (Å²) in [6, 6.07) is 62.0. The summed E-state index contributed by atoms with van der Waals surface area (Å²) >= 11 is 1.40. The minimum atomic E-state index is 0. The van der Waals surface area contributed by atoms with Gasteiger partial charge in [0.05, 0.1) is 0 Å². The van der Waals surface area contributed by atoms with Crippen molar-refractivity contribution < 1.29 is 51.2 Å². The summed E-state index contributed by atoms with van der Waals surface area (Å²) in [4.78, 5) is 0. The molecule has 6 aromatic carbocycles. The predicted octanol–water partition coefficient (Wildman–Crippen LogP) is 9.00. The molecular weight excluding hydrogens is 783 g/mol. The Kier molecular flexibility index (Phi) is 49.0. The molecule has 3 radical (unpaired) electrons. The van der Waals surface area contributed by atoms with Crippen molar-refractivity contribution in [3.05, 3.63) is 182 Å². The Bertz CT molecular complexity index is 609. The van der Waals surface area contributed by atoms with E-state index in [1.807, 2.05) is 152 Å². The molecule has 0 nitrogen and oxygen atoms in total. The van der Waals surface area contributed by atoms with Crippen molar-refractivity contribution in [2.75, 3.05) is 0 Å². The summed E-state index contributed by atoms with van der Waals surface area (Å²) in [5.74, 6) is 0. The van der Waals surface area contributed by atoms with Crippen molar-refractivity contribution in [1.29, 1.82) is 0 Å². The molecule has 0 fully saturated rings. The smallest absolute Gasteiger partial charge is 0 e. The molecule has 0 N–H and O–H groups in total. The van der Waals surface area contributed by atoms with Crippen molar-refractivity contribution in [2.45, 2.75) is 23.7 Å². The van der Waals surface area contributed by atoms with E-state index in [2.05, 4.69) is 31.2 Å². The van der Waals surface area contributed by atoms with Crippen LogP contribution in [0.2, 0.25) is 3.98 Å². The Morgan fingerprint density at radius 3 is 0.763 bits per heavy atom. The normalized spacial score (nSPS) is 7.42. The molecule has 0 unspecified atom stereocenters. The molecule has 38 heavy (non-hydrogen) atoms. The minimum Gasteiger partial charge on any atom is -0.999 e. The maximum atomic E-state index is 2.62. The molecule has 0 aromatic heterocycles. The van der Waals surface area contributed by atoms with Crippen molar-refractivity contribution >= 4 is 25.8 Å². The second kappa shape index (κ2) is 42.7. The van der Waals surface area contributed by atoms with Crippen molar-refractivity contribution in [3.8, 4) is 0 Å². The topological polar surface area (TPSA) is 0 Å². The number of rotatable bonds is 2. The monoisotopic (exact) mass is 819 g/mol. The molecule has 0 spiro atoms. The molecule has 4 heteroatoms. The average molecular weight is 818 g/mol. The largest absolute Gasteiger partial charge is 0.999 e. The third kappa shape index (κ3) is 41.7. The first kappa shape index (κ1) is 43.6. The molecule has 0 heterocycles. The van der Waals surface area contributed by atoms with E-state index in [1.54, 1.807) is 6.07 Å². The molecule has 0 saturated carbocycles. The van der Waals surface area contributed by atoms with Gasteiger partial charge in [0.25, 0.3) is 0 Å². The van der Waals surface area contributed by atoms with E-state index in [-0.39, 0.29) is 51.2 Å². The van der Waals surface area contributed by atoms with Gasteiger partial charge in [0.1, 0.15) is 0 Å². The van der Waals surface area contributed by atoms with Gasteiger partial charge in [-0.15, -0.1) is 0 Å². The molecule has 0 atom stereocenters. The first-order valence-corrected chi connectivity index (χ1v) is 14.5. The Morgan fingerprint density at radius 1 is 0.474 bits per heavy atom. The van der Waals surface area contributed by atoms with E-state index in [0.717, 1.165) is 0 Å². The Balaban J connectivity index is -0.000000175. The van der Waals surface area contributed by atoms with Gasteiger partial charge in [0, 0.05) is 51.2 Å². The summed E-state index contributed by atoms with van der Waals surface area (Å²) in [5, 5.41) is 0. The first-order chi connectivity index (χ1) is 17.4. The van der Waals surface area contributed by atoms with Crippen LogP contribution in [-0.4, -0.2) is 25.8 Å². The zero-order chi connectivity index (χ0) is 25.3. The summed E-state index contributed by atoms with van der Waals surface area (Å²) in [6.45, 7) is 2.23. The SMILES string of the molecule is CCC[CH2][Pb].[Fe].[Fe].[Fe].[c-]1[c-][c-][cH-][c-]1.c1cc[cH-]c1.c1cc[cH-]c1.c1cc[cH-]c1.c1cc[cH-]c1.c1cc[cH-]c1. The van der Waals surface area contributed by atoms with E-state index in [0.29, 0.717) is 0 Å². The van der Waals surface area contributed by atoms with Gasteiger partial charge >= 0.3 is 49.5 Å². The molecule has 209 valence electrons. The van der Waals surface area contributed by atoms with Crippen LogP contribution in [0.5, 0.6) is 0 Å². The van der Waals surface area contributed by atoms with Gasteiger partial charge in [-0.1, -0.05) is 0 Å². The fraction of sp³-hybridized carbons (Fsp3) is 0.118. The zero-order valence-corrected chi connectivity index (χ0v) is 28.9. The van der Waals surface area contributed by atoms with E-state index in [9.17, 15) is 0 Å². The van der Waals surface area contributed by atoms with Crippen LogP contribution in [-0.2, 0) is 51.2 Å². The maximum absolute atomic E-state index is 2.62. The Hall–Kier alpha value is -1.42. The molecule has 0 aliphatic rings. The molecule has 6 rings (SSSR count). The summed E-state index contributed by atoms with van der Waals surface area (Å²) in [6.07, 6.45) is 2.83. The molecule has 6 aromatic rings. The molecule has 0 aliphatic carbocycles. The summed E-state index contributed by atoms with van der Waals surface area (Å²) < 4.78 is 1.48. The standard InChI is InChI=1S/5C5H5.C5H.C4H9.3Fe.Pb/c6*1-2-4-5-3-1;1-3-4-2;;;;/h5*1-5H;1H;1,3-4H2,2H3;;;;/q5*-1;-5;;;;;. The van der Waals surface area contributed by atoms with Gasteiger partial charge in [-0.2, -0.15) is 91.0 Å². The summed E-state index contributed by atoms with van der Waals surface area (Å²) in [7, 11) is 0. The quantitative estimate of drug-likeness (QED) is 0.121. The van der Waals surface area contributed by atoms with Crippen LogP contribution in [0, 0.1) is 24.3 Å². The zero-order valence-electron chi connectivity index (χ0n) is 21.7. The fourth-order valence-electron chi connectivity index (χ4n) is 1.96. The fourth-order valence-corrected chi connectivity index (χ4v) is 3.34. The third-order valence-corrected chi connectivity index (χ3v) is 5.03. The van der Waals surface area contributed by atoms with Gasteiger partial charge in [0.15, 0.2) is 0 Å². The van der Waals surface area contributed by atoms with Crippen molar-refractivity contribution in [2.24, 2.45) is 0 Å². The Morgan fingerprint density at radius 2 is 0.711 bits per heavy atom. The molecular formula is C34H35Fe3Pb-10. The first-order valence-electron chi connectivity index (χ1n) is 11.7. The van der Waals surface area contributed by atoms with Crippen molar-refractivity contribution in [1.82, 2.24) is 0 Å². The second-order valence-corrected chi connectivity index (χ2v) is 8.54.